The van der Waals surface area contributed by atoms with Gasteiger partial charge < -0.3 is 50.3 Å². The standard InChI is InChI=1S/C12H21O10/c13-1-3-5(15)7(17)9(19)11(21-3)12-10(20)8(18)6(16)4(2-14)22-12/h3-11,13-20H,1-2H2/t3-,4-,5+,6-,7+,8+,9-,10-,11?/m1/s1. The van der Waals surface area contributed by atoms with E-state index in [4.69, 9.17) is 19.7 Å². The lowest BCUT2D eigenvalue weighted by Crippen LogP contribution is -2.65. The van der Waals surface area contributed by atoms with Gasteiger partial charge in [-0.1, -0.05) is 0 Å². The number of hydrogen-bond donors (Lipinski definition) is 8. The molecular formula is C12H21O10. The monoisotopic (exact) mass is 325 g/mol. The lowest BCUT2D eigenvalue weighted by Gasteiger charge is -2.47. The van der Waals surface area contributed by atoms with Crippen LogP contribution in [0, 0.1) is 6.10 Å². The molecule has 8 N–H and O–H groups in total. The molecule has 0 spiro atoms. The summed E-state index contributed by atoms with van der Waals surface area (Å²) in [5.41, 5.74) is 0. The molecule has 1 unspecified atom stereocenters. The van der Waals surface area contributed by atoms with Gasteiger partial charge in [0.15, 0.2) is 6.10 Å². The molecule has 10 heteroatoms. The normalized spacial score (nSPS) is 51.0. The molecular weight excluding hydrogens is 304 g/mol. The van der Waals surface area contributed by atoms with Gasteiger partial charge in [-0.05, 0) is 0 Å². The molecule has 0 aliphatic carbocycles. The molecule has 2 saturated heterocycles. The van der Waals surface area contributed by atoms with E-state index in [0.717, 1.165) is 0 Å². The van der Waals surface area contributed by atoms with Crippen molar-refractivity contribution in [2.24, 2.45) is 0 Å². The molecule has 2 rings (SSSR count). The number of aliphatic hydroxyl groups excluding tert-OH is 8. The summed E-state index contributed by atoms with van der Waals surface area (Å²) in [6.45, 7) is -1.34. The minimum Gasteiger partial charge on any atom is -0.394 e. The molecule has 22 heavy (non-hydrogen) atoms. The van der Waals surface area contributed by atoms with Crippen molar-refractivity contribution in [2.45, 2.75) is 54.9 Å². The average Bonchev–Trinajstić information content (AvgIpc) is 2.52. The lowest BCUT2D eigenvalue weighted by molar-refractivity contribution is -0.269. The van der Waals surface area contributed by atoms with Crippen LogP contribution in [-0.4, -0.2) is 109 Å². The maximum Gasteiger partial charge on any atom is 0.160 e. The van der Waals surface area contributed by atoms with Crippen LogP contribution in [0.15, 0.2) is 0 Å². The van der Waals surface area contributed by atoms with E-state index in [-0.39, 0.29) is 0 Å². The Morgan fingerprint density at radius 3 is 1.77 bits per heavy atom. The van der Waals surface area contributed by atoms with Crippen LogP contribution in [-0.2, 0) is 9.47 Å². The summed E-state index contributed by atoms with van der Waals surface area (Å²) in [6.07, 6.45) is -14.3. The second kappa shape index (κ2) is 7.01. The first-order valence-corrected chi connectivity index (χ1v) is 6.82. The Morgan fingerprint density at radius 2 is 1.23 bits per heavy atom. The van der Waals surface area contributed by atoms with Crippen LogP contribution in [0.2, 0.25) is 0 Å². The molecule has 0 aromatic heterocycles. The van der Waals surface area contributed by atoms with Gasteiger partial charge in [0.1, 0.15) is 54.9 Å². The summed E-state index contributed by atoms with van der Waals surface area (Å²) < 4.78 is 10.4. The van der Waals surface area contributed by atoms with Gasteiger partial charge in [0, 0.05) is 0 Å². The van der Waals surface area contributed by atoms with E-state index in [9.17, 15) is 30.6 Å². The third-order valence-electron chi connectivity index (χ3n) is 3.99. The highest BCUT2D eigenvalue weighted by Gasteiger charge is 2.54. The van der Waals surface area contributed by atoms with Crippen LogP contribution in [0.25, 0.3) is 0 Å². The van der Waals surface area contributed by atoms with Crippen LogP contribution < -0.4 is 0 Å². The van der Waals surface area contributed by atoms with Gasteiger partial charge in [0.05, 0.1) is 13.2 Å². The summed E-state index contributed by atoms with van der Waals surface area (Å²) in [6, 6.07) is 0. The van der Waals surface area contributed by atoms with Gasteiger partial charge in [-0.15, -0.1) is 0 Å². The van der Waals surface area contributed by atoms with E-state index in [1.807, 2.05) is 0 Å². The molecule has 1 radical (unpaired) electrons. The molecule has 129 valence electrons. The molecule has 2 fully saturated rings. The van der Waals surface area contributed by atoms with E-state index in [1.54, 1.807) is 0 Å². The molecule has 0 saturated carbocycles. The van der Waals surface area contributed by atoms with Crippen molar-refractivity contribution >= 4 is 0 Å². The predicted molar refractivity (Wildman–Crippen MR) is 67.0 cm³/mol. The van der Waals surface area contributed by atoms with E-state index < -0.39 is 74.3 Å². The minimum absolute atomic E-state index is 0.409. The molecule has 0 aromatic carbocycles. The van der Waals surface area contributed by atoms with Crippen molar-refractivity contribution in [3.63, 3.8) is 0 Å². The number of aliphatic hydroxyl groups is 8. The van der Waals surface area contributed by atoms with Crippen LogP contribution in [0.4, 0.5) is 0 Å². The fraction of sp³-hybridized carbons (Fsp3) is 0.917. The zero-order valence-electron chi connectivity index (χ0n) is 11.5. The molecule has 10 nitrogen and oxygen atoms in total. The van der Waals surface area contributed by atoms with Crippen molar-refractivity contribution < 1.29 is 50.3 Å². The van der Waals surface area contributed by atoms with Crippen LogP contribution >= 0.6 is 0 Å². The SMILES string of the molecule is OC[C@H]1OC([C]2O[C@H](CO)[C@@H](O)[C@H](O)[C@H]2O)[C@H](O)[C@@H](O)[C@H]1O. The fourth-order valence-corrected chi connectivity index (χ4v) is 2.61. The van der Waals surface area contributed by atoms with Gasteiger partial charge in [0.25, 0.3) is 0 Å². The van der Waals surface area contributed by atoms with Gasteiger partial charge in [0.2, 0.25) is 0 Å². The first-order valence-electron chi connectivity index (χ1n) is 6.82. The molecule has 2 aliphatic rings. The molecule has 9 atom stereocenters. The van der Waals surface area contributed by atoms with Crippen LogP contribution in [0.1, 0.15) is 0 Å². The molecule has 0 aromatic rings. The Kier molecular flexibility index (Phi) is 5.72. The molecule has 0 amide bonds. The topological polar surface area (TPSA) is 180 Å². The van der Waals surface area contributed by atoms with Crippen LogP contribution in [0.3, 0.4) is 0 Å². The van der Waals surface area contributed by atoms with Crippen molar-refractivity contribution in [1.82, 2.24) is 0 Å². The van der Waals surface area contributed by atoms with Gasteiger partial charge >= 0.3 is 0 Å². The van der Waals surface area contributed by atoms with Crippen molar-refractivity contribution in [3.8, 4) is 0 Å². The summed E-state index contributed by atoms with van der Waals surface area (Å²) in [5, 5.41) is 77.0. The van der Waals surface area contributed by atoms with Crippen LogP contribution in [0.5, 0.6) is 0 Å². The van der Waals surface area contributed by atoms with E-state index >= 15 is 0 Å². The quantitative estimate of drug-likeness (QED) is 0.250. The highest BCUT2D eigenvalue weighted by atomic mass is 16.6. The summed E-state index contributed by atoms with van der Waals surface area (Å²) >= 11 is 0. The third-order valence-corrected chi connectivity index (χ3v) is 3.99. The molecule has 2 heterocycles. The first kappa shape index (κ1) is 17.9. The van der Waals surface area contributed by atoms with Gasteiger partial charge in [-0.2, -0.15) is 0 Å². The fourth-order valence-electron chi connectivity index (χ4n) is 2.61. The largest absolute Gasteiger partial charge is 0.394 e. The highest BCUT2D eigenvalue weighted by molar-refractivity contribution is 5.11. The Morgan fingerprint density at radius 1 is 0.682 bits per heavy atom. The Hall–Kier alpha value is -0.400. The zero-order valence-corrected chi connectivity index (χ0v) is 11.5. The lowest BCUT2D eigenvalue weighted by atomic mass is 9.86. The maximum atomic E-state index is 9.97. The number of ether oxygens (including phenoxy) is 2. The highest BCUT2D eigenvalue weighted by Crippen LogP contribution is 2.35. The number of hydrogen-bond acceptors (Lipinski definition) is 10. The second-order valence-electron chi connectivity index (χ2n) is 5.42. The summed E-state index contributed by atoms with van der Waals surface area (Å²) in [7, 11) is 0. The first-order chi connectivity index (χ1) is 10.3. The Balaban J connectivity index is 2.21. The van der Waals surface area contributed by atoms with Crippen molar-refractivity contribution in [3.05, 3.63) is 6.10 Å². The van der Waals surface area contributed by atoms with Crippen molar-refractivity contribution in [2.75, 3.05) is 13.2 Å². The Labute approximate surface area is 125 Å². The zero-order chi connectivity index (χ0) is 16.6. The Bertz CT molecular complexity index is 330. The second-order valence-corrected chi connectivity index (χ2v) is 5.42. The van der Waals surface area contributed by atoms with E-state index in [1.165, 1.54) is 0 Å². The summed E-state index contributed by atoms with van der Waals surface area (Å²) in [5.74, 6) is 0. The van der Waals surface area contributed by atoms with Gasteiger partial charge in [-0.3, -0.25) is 0 Å². The van der Waals surface area contributed by atoms with E-state index in [2.05, 4.69) is 0 Å². The number of rotatable bonds is 3. The van der Waals surface area contributed by atoms with Crippen molar-refractivity contribution in [1.29, 1.82) is 0 Å². The predicted octanol–water partition coefficient (Wildman–Crippen LogP) is -5.17. The minimum atomic E-state index is -1.75. The summed E-state index contributed by atoms with van der Waals surface area (Å²) in [4.78, 5) is 0. The third kappa shape index (κ3) is 2.99. The molecule has 2 aliphatic heterocycles. The van der Waals surface area contributed by atoms with E-state index in [0.29, 0.717) is 0 Å². The maximum absolute atomic E-state index is 9.97. The average molecular weight is 325 g/mol. The smallest absolute Gasteiger partial charge is 0.160 e. The van der Waals surface area contributed by atoms with Gasteiger partial charge in [-0.25, -0.2) is 0 Å². The molecule has 0 bridgehead atoms.